The Hall–Kier alpha value is -3.53. The second-order valence-corrected chi connectivity index (χ2v) is 8.34. The van der Waals surface area contributed by atoms with E-state index in [1.807, 2.05) is 49.4 Å². The fourth-order valence-electron chi connectivity index (χ4n) is 3.80. The Balaban J connectivity index is 1.69. The van der Waals surface area contributed by atoms with Crippen molar-refractivity contribution in [3.8, 4) is 11.3 Å². The Morgan fingerprint density at radius 3 is 2.35 bits per heavy atom. The lowest BCUT2D eigenvalue weighted by Crippen LogP contribution is -2.27. The number of carbonyl (C=O) groups is 1. The highest BCUT2D eigenvalue weighted by Gasteiger charge is 2.16. The fraction of sp³-hybridized carbons (Fsp3) is 0.222. The predicted octanol–water partition coefficient (Wildman–Crippen LogP) is 5.99. The molecule has 156 valence electrons. The summed E-state index contributed by atoms with van der Waals surface area (Å²) >= 11 is 0. The van der Waals surface area contributed by atoms with Gasteiger partial charge < -0.3 is 5.32 Å². The van der Waals surface area contributed by atoms with Gasteiger partial charge in [-0.3, -0.25) is 9.78 Å². The van der Waals surface area contributed by atoms with Crippen molar-refractivity contribution in [2.24, 2.45) is 5.92 Å². The SMILES string of the molecule is CC(C)Cc1ccc(-c2cc(C(=O)NC(C)c3ccncc3)c3ccccc3n2)cc1. The van der Waals surface area contributed by atoms with Crippen molar-refractivity contribution in [2.45, 2.75) is 33.2 Å². The minimum Gasteiger partial charge on any atom is -0.345 e. The first-order valence-corrected chi connectivity index (χ1v) is 10.7. The van der Waals surface area contributed by atoms with Crippen LogP contribution in [-0.4, -0.2) is 15.9 Å². The molecule has 4 aromatic rings. The number of nitrogens with one attached hydrogen (secondary N) is 1. The predicted molar refractivity (Wildman–Crippen MR) is 126 cm³/mol. The van der Waals surface area contributed by atoms with Gasteiger partial charge in [-0.25, -0.2) is 4.98 Å². The monoisotopic (exact) mass is 409 g/mol. The van der Waals surface area contributed by atoms with E-state index in [0.717, 1.165) is 34.1 Å². The van der Waals surface area contributed by atoms with E-state index in [9.17, 15) is 4.79 Å². The van der Waals surface area contributed by atoms with Gasteiger partial charge in [-0.2, -0.15) is 0 Å². The Morgan fingerprint density at radius 2 is 1.65 bits per heavy atom. The lowest BCUT2D eigenvalue weighted by Gasteiger charge is -2.16. The molecule has 0 bridgehead atoms. The number of nitrogens with zero attached hydrogens (tertiary/aromatic N) is 2. The normalized spacial score (nSPS) is 12.1. The molecule has 4 heteroatoms. The minimum absolute atomic E-state index is 0.111. The van der Waals surface area contributed by atoms with Crippen LogP contribution in [0.2, 0.25) is 0 Å². The molecule has 1 unspecified atom stereocenters. The van der Waals surface area contributed by atoms with Crippen molar-refractivity contribution in [3.05, 3.63) is 95.8 Å². The van der Waals surface area contributed by atoms with Gasteiger partial charge in [0.25, 0.3) is 5.91 Å². The second-order valence-electron chi connectivity index (χ2n) is 8.34. The van der Waals surface area contributed by atoms with E-state index in [1.165, 1.54) is 5.56 Å². The summed E-state index contributed by atoms with van der Waals surface area (Å²) in [5.41, 5.74) is 5.58. The number of benzene rings is 2. The molecular weight excluding hydrogens is 382 g/mol. The van der Waals surface area contributed by atoms with Gasteiger partial charge in [0.05, 0.1) is 22.8 Å². The van der Waals surface area contributed by atoms with Gasteiger partial charge in [0.1, 0.15) is 0 Å². The van der Waals surface area contributed by atoms with Crippen LogP contribution < -0.4 is 5.32 Å². The van der Waals surface area contributed by atoms with Crippen LogP contribution in [0.5, 0.6) is 0 Å². The molecule has 1 amide bonds. The van der Waals surface area contributed by atoms with E-state index in [4.69, 9.17) is 4.98 Å². The Kier molecular flexibility index (Phi) is 6.08. The second kappa shape index (κ2) is 9.09. The quantitative estimate of drug-likeness (QED) is 0.426. The largest absolute Gasteiger partial charge is 0.345 e. The van der Waals surface area contributed by atoms with Gasteiger partial charge in [-0.15, -0.1) is 0 Å². The van der Waals surface area contributed by atoms with Crippen LogP contribution in [0.25, 0.3) is 22.2 Å². The van der Waals surface area contributed by atoms with Crippen molar-refractivity contribution in [1.29, 1.82) is 0 Å². The third-order valence-electron chi connectivity index (χ3n) is 5.41. The number of hydrogen-bond acceptors (Lipinski definition) is 3. The van der Waals surface area contributed by atoms with Crippen molar-refractivity contribution < 1.29 is 4.79 Å². The maximum absolute atomic E-state index is 13.2. The van der Waals surface area contributed by atoms with E-state index in [2.05, 4.69) is 48.4 Å². The number of carbonyl (C=O) groups excluding carboxylic acids is 1. The number of amides is 1. The summed E-state index contributed by atoms with van der Waals surface area (Å²) in [5.74, 6) is 0.503. The average Bonchev–Trinajstić information content (AvgIpc) is 2.79. The Bertz CT molecular complexity index is 1180. The van der Waals surface area contributed by atoms with E-state index in [1.54, 1.807) is 12.4 Å². The van der Waals surface area contributed by atoms with Gasteiger partial charge >= 0.3 is 0 Å². The van der Waals surface area contributed by atoms with Gasteiger partial charge in [-0.05, 0) is 54.7 Å². The van der Waals surface area contributed by atoms with Crippen LogP contribution in [0, 0.1) is 5.92 Å². The van der Waals surface area contributed by atoms with E-state index in [-0.39, 0.29) is 11.9 Å². The van der Waals surface area contributed by atoms with Crippen molar-refractivity contribution in [2.75, 3.05) is 0 Å². The maximum atomic E-state index is 13.2. The lowest BCUT2D eigenvalue weighted by molar-refractivity contribution is 0.0941. The number of para-hydroxylation sites is 1. The number of aromatic nitrogens is 2. The molecule has 0 aliphatic heterocycles. The summed E-state index contributed by atoms with van der Waals surface area (Å²) in [7, 11) is 0. The molecule has 0 saturated heterocycles. The molecule has 0 fully saturated rings. The molecule has 2 aromatic heterocycles. The summed E-state index contributed by atoms with van der Waals surface area (Å²) in [4.78, 5) is 22.1. The third kappa shape index (κ3) is 4.80. The van der Waals surface area contributed by atoms with Crippen LogP contribution >= 0.6 is 0 Å². The molecule has 1 atom stereocenters. The van der Waals surface area contributed by atoms with Crippen molar-refractivity contribution >= 4 is 16.8 Å². The van der Waals surface area contributed by atoms with Crippen molar-refractivity contribution in [1.82, 2.24) is 15.3 Å². The number of hydrogen-bond donors (Lipinski definition) is 1. The van der Waals surface area contributed by atoms with Crippen LogP contribution in [0.15, 0.2) is 79.1 Å². The maximum Gasteiger partial charge on any atom is 0.252 e. The summed E-state index contributed by atoms with van der Waals surface area (Å²) < 4.78 is 0. The topological polar surface area (TPSA) is 54.9 Å². The first-order chi connectivity index (χ1) is 15.0. The van der Waals surface area contributed by atoms with Crippen LogP contribution in [0.4, 0.5) is 0 Å². The van der Waals surface area contributed by atoms with Gasteiger partial charge in [0, 0.05) is 23.3 Å². The highest BCUT2D eigenvalue weighted by Crippen LogP contribution is 2.26. The molecule has 31 heavy (non-hydrogen) atoms. The molecule has 0 aliphatic carbocycles. The Labute approximate surface area is 183 Å². The minimum atomic E-state index is -0.124. The first-order valence-electron chi connectivity index (χ1n) is 10.7. The van der Waals surface area contributed by atoms with Gasteiger partial charge in [-0.1, -0.05) is 56.3 Å². The Morgan fingerprint density at radius 1 is 0.935 bits per heavy atom. The summed E-state index contributed by atoms with van der Waals surface area (Å²) in [6.45, 7) is 6.41. The number of pyridine rings is 2. The van der Waals surface area contributed by atoms with E-state index >= 15 is 0 Å². The fourth-order valence-corrected chi connectivity index (χ4v) is 3.80. The van der Waals surface area contributed by atoms with Crippen LogP contribution in [0.1, 0.15) is 48.3 Å². The average molecular weight is 410 g/mol. The zero-order valence-electron chi connectivity index (χ0n) is 18.2. The van der Waals surface area contributed by atoms with Crippen LogP contribution in [0.3, 0.4) is 0 Å². The first kappa shape index (κ1) is 20.7. The molecule has 0 radical (unpaired) electrons. The molecule has 0 aliphatic rings. The summed E-state index contributed by atoms with van der Waals surface area (Å²) in [6.07, 6.45) is 4.52. The molecule has 0 saturated carbocycles. The highest BCUT2D eigenvalue weighted by atomic mass is 16.1. The molecular formula is C27H27N3O. The summed E-state index contributed by atoms with van der Waals surface area (Å²) in [5, 5.41) is 3.97. The highest BCUT2D eigenvalue weighted by molar-refractivity contribution is 6.07. The standard InChI is InChI=1S/C27H27N3O/c1-18(2)16-20-8-10-22(11-9-20)26-17-24(23-6-4-5-7-25(23)30-26)27(31)29-19(3)21-12-14-28-15-13-21/h4-15,17-19H,16H2,1-3H3,(H,29,31). The molecule has 0 spiro atoms. The van der Waals surface area contributed by atoms with E-state index < -0.39 is 0 Å². The van der Waals surface area contributed by atoms with Gasteiger partial charge in [0.2, 0.25) is 0 Å². The van der Waals surface area contributed by atoms with Gasteiger partial charge in [0.15, 0.2) is 0 Å². The summed E-state index contributed by atoms with van der Waals surface area (Å²) in [6, 6.07) is 21.9. The van der Waals surface area contributed by atoms with E-state index in [0.29, 0.717) is 11.5 Å². The van der Waals surface area contributed by atoms with Crippen LogP contribution in [-0.2, 0) is 6.42 Å². The number of fused-ring (bicyclic) bond motifs is 1. The number of rotatable bonds is 6. The molecule has 4 rings (SSSR count). The third-order valence-corrected chi connectivity index (χ3v) is 5.41. The zero-order valence-corrected chi connectivity index (χ0v) is 18.2. The molecule has 2 aromatic carbocycles. The zero-order chi connectivity index (χ0) is 21.8. The van der Waals surface area contributed by atoms with Crippen molar-refractivity contribution in [3.63, 3.8) is 0 Å². The molecule has 4 nitrogen and oxygen atoms in total. The molecule has 1 N–H and O–H groups in total. The molecule has 2 heterocycles. The lowest BCUT2D eigenvalue weighted by atomic mass is 9.99. The smallest absolute Gasteiger partial charge is 0.252 e.